The van der Waals surface area contributed by atoms with E-state index >= 15 is 0 Å². The number of piperazine rings is 1. The molecule has 1 aliphatic rings. The molecule has 1 saturated heterocycles. The van der Waals surface area contributed by atoms with Crippen LogP contribution in [0.1, 0.15) is 16.8 Å². The number of benzene rings is 2. The van der Waals surface area contributed by atoms with Gasteiger partial charge in [-0.05, 0) is 42.8 Å². The Morgan fingerprint density at radius 1 is 1.03 bits per heavy atom. The zero-order valence-electron chi connectivity index (χ0n) is 19.0. The predicted octanol–water partition coefficient (Wildman–Crippen LogP) is 3.61. The molecule has 0 spiro atoms. The number of carbonyl (C=O) groups is 2. The number of hydrogen-bond acceptors (Lipinski definition) is 4. The molecule has 2 aromatic carbocycles. The molecule has 9 nitrogen and oxygen atoms in total. The van der Waals surface area contributed by atoms with Gasteiger partial charge in [-0.3, -0.25) is 14.3 Å². The number of anilines is 2. The van der Waals surface area contributed by atoms with Crippen molar-refractivity contribution in [3.63, 3.8) is 0 Å². The number of fused-ring (bicyclic) bond motifs is 1. The number of alkyl halides is 1. The summed E-state index contributed by atoms with van der Waals surface area (Å²) in [6, 6.07) is 15.5. The predicted molar refractivity (Wildman–Crippen MR) is 137 cm³/mol. The molecule has 4 rings (SSSR count). The summed E-state index contributed by atoms with van der Waals surface area (Å²) in [7, 11) is 0. The van der Waals surface area contributed by atoms with Crippen LogP contribution in [-0.2, 0) is 11.3 Å². The van der Waals surface area contributed by atoms with E-state index in [1.807, 2.05) is 12.1 Å². The van der Waals surface area contributed by atoms with Gasteiger partial charge in [0.05, 0.1) is 16.9 Å². The smallest absolute Gasteiger partial charge is 0.317 e. The van der Waals surface area contributed by atoms with Crippen molar-refractivity contribution in [2.75, 3.05) is 42.9 Å². The summed E-state index contributed by atoms with van der Waals surface area (Å²) in [6.07, 6.45) is 2.34. The largest absolute Gasteiger partial charge is 0.338 e. The highest BCUT2D eigenvalue weighted by molar-refractivity contribution is 7.81. The molecule has 1 aliphatic heterocycles. The maximum Gasteiger partial charge on any atom is 0.317 e. The van der Waals surface area contributed by atoms with Crippen LogP contribution in [0.2, 0.25) is 0 Å². The second kappa shape index (κ2) is 11.5. The third-order valence-corrected chi connectivity index (χ3v) is 6.76. The zero-order chi connectivity index (χ0) is 24.8. The molecular formula is C24H26ClN5O4S. The molecule has 3 amide bonds. The lowest BCUT2D eigenvalue weighted by atomic mass is 10.1. The third-order valence-electron chi connectivity index (χ3n) is 5.78. The summed E-state index contributed by atoms with van der Waals surface area (Å²) in [5.74, 6) is 0.342. The molecule has 0 bridgehead atoms. The van der Waals surface area contributed by atoms with Gasteiger partial charge in [0.2, 0.25) is 0 Å². The SMILES string of the molecule is O=C(NCCCCl)N1CCN(C(=O)c2ccc(N(c3cccc4cccnc34)S(=O)O)cc2)CC1. The van der Waals surface area contributed by atoms with E-state index in [1.165, 1.54) is 4.31 Å². The van der Waals surface area contributed by atoms with Crippen molar-refractivity contribution in [3.8, 4) is 0 Å². The number of pyridine rings is 1. The monoisotopic (exact) mass is 515 g/mol. The van der Waals surface area contributed by atoms with E-state index in [9.17, 15) is 18.4 Å². The first-order valence-corrected chi connectivity index (χ1v) is 12.8. The first-order chi connectivity index (χ1) is 17.0. The number of carbonyl (C=O) groups excluding carboxylic acids is 2. The van der Waals surface area contributed by atoms with Crippen molar-refractivity contribution in [3.05, 3.63) is 66.4 Å². The van der Waals surface area contributed by atoms with E-state index in [-0.39, 0.29) is 11.9 Å². The average molecular weight is 516 g/mol. The second-order valence-electron chi connectivity index (χ2n) is 7.98. The number of urea groups is 1. The topological polar surface area (TPSA) is 106 Å². The van der Waals surface area contributed by atoms with Crippen LogP contribution in [-0.4, -0.2) is 74.1 Å². The van der Waals surface area contributed by atoms with Gasteiger partial charge in [-0.25, -0.2) is 13.3 Å². The fourth-order valence-corrected chi connectivity index (χ4v) is 4.73. The highest BCUT2D eigenvalue weighted by Gasteiger charge is 2.25. The summed E-state index contributed by atoms with van der Waals surface area (Å²) in [4.78, 5) is 33.0. The van der Waals surface area contributed by atoms with Gasteiger partial charge >= 0.3 is 6.03 Å². The van der Waals surface area contributed by atoms with Gasteiger partial charge in [0.15, 0.2) is 0 Å². The summed E-state index contributed by atoms with van der Waals surface area (Å²) < 4.78 is 23.6. The Morgan fingerprint density at radius 3 is 2.40 bits per heavy atom. The van der Waals surface area contributed by atoms with Gasteiger partial charge in [0, 0.05) is 55.8 Å². The lowest BCUT2D eigenvalue weighted by Crippen LogP contribution is -2.53. The molecule has 2 N–H and O–H groups in total. The number of amides is 3. The summed E-state index contributed by atoms with van der Waals surface area (Å²) in [5, 5.41) is 3.67. The van der Waals surface area contributed by atoms with E-state index in [0.29, 0.717) is 67.5 Å². The Labute approximate surface area is 211 Å². The molecule has 184 valence electrons. The van der Waals surface area contributed by atoms with Crippen molar-refractivity contribution >= 4 is 57.1 Å². The van der Waals surface area contributed by atoms with Gasteiger partial charge in [-0.1, -0.05) is 18.2 Å². The molecule has 1 aromatic heterocycles. The van der Waals surface area contributed by atoms with Crippen molar-refractivity contribution in [1.29, 1.82) is 0 Å². The Balaban J connectivity index is 1.45. The number of hydrogen-bond donors (Lipinski definition) is 2. The van der Waals surface area contributed by atoms with Crippen LogP contribution in [0.5, 0.6) is 0 Å². The van der Waals surface area contributed by atoms with Gasteiger partial charge in [-0.2, -0.15) is 0 Å². The molecule has 0 aliphatic carbocycles. The van der Waals surface area contributed by atoms with E-state index in [4.69, 9.17) is 11.6 Å². The third kappa shape index (κ3) is 5.72. The molecule has 2 heterocycles. The number of aromatic nitrogens is 1. The second-order valence-corrected chi connectivity index (χ2v) is 9.18. The minimum absolute atomic E-state index is 0.147. The Bertz CT molecular complexity index is 1210. The average Bonchev–Trinajstić information content (AvgIpc) is 2.89. The molecule has 3 aromatic rings. The lowest BCUT2D eigenvalue weighted by molar-refractivity contribution is 0.0665. The number of para-hydroxylation sites is 1. The highest BCUT2D eigenvalue weighted by atomic mass is 35.5. The fraction of sp³-hybridized carbons (Fsp3) is 0.292. The van der Waals surface area contributed by atoms with Crippen LogP contribution < -0.4 is 9.62 Å². The number of rotatable bonds is 7. The van der Waals surface area contributed by atoms with E-state index in [2.05, 4.69) is 10.3 Å². The van der Waals surface area contributed by atoms with Crippen LogP contribution in [0.3, 0.4) is 0 Å². The molecule has 1 fully saturated rings. The maximum absolute atomic E-state index is 13.0. The highest BCUT2D eigenvalue weighted by Crippen LogP contribution is 2.32. The van der Waals surface area contributed by atoms with Crippen molar-refractivity contribution in [1.82, 2.24) is 20.1 Å². The standard InChI is InChI=1S/C24H26ClN5O4S/c25-11-3-13-27-24(32)29-16-14-28(15-17-29)23(31)19-7-9-20(10-8-19)30(35(33)34)21-6-1-4-18-5-2-12-26-22(18)21/h1-2,4-10,12H,3,11,13-17H2,(H,27,32)(H,33,34). The van der Waals surface area contributed by atoms with Crippen molar-refractivity contribution < 1.29 is 18.4 Å². The van der Waals surface area contributed by atoms with Crippen LogP contribution in [0, 0.1) is 0 Å². The van der Waals surface area contributed by atoms with E-state index in [1.54, 1.807) is 58.5 Å². The minimum atomic E-state index is -2.35. The molecule has 1 atom stereocenters. The number of halogens is 1. The summed E-state index contributed by atoms with van der Waals surface area (Å²) >= 11 is 3.29. The van der Waals surface area contributed by atoms with Gasteiger partial charge in [-0.15, -0.1) is 11.6 Å². The molecular weight excluding hydrogens is 490 g/mol. The van der Waals surface area contributed by atoms with Gasteiger partial charge < -0.3 is 15.1 Å². The molecule has 35 heavy (non-hydrogen) atoms. The Kier molecular flexibility index (Phi) is 8.17. The molecule has 1 unspecified atom stereocenters. The van der Waals surface area contributed by atoms with Gasteiger partial charge in [0.1, 0.15) is 0 Å². The minimum Gasteiger partial charge on any atom is -0.338 e. The summed E-state index contributed by atoms with van der Waals surface area (Å²) in [6.45, 7) is 2.28. The van der Waals surface area contributed by atoms with Crippen LogP contribution >= 0.6 is 11.6 Å². The van der Waals surface area contributed by atoms with Crippen LogP contribution in [0.15, 0.2) is 60.8 Å². The Morgan fingerprint density at radius 2 is 1.71 bits per heavy atom. The first-order valence-electron chi connectivity index (χ1n) is 11.2. The quantitative estimate of drug-likeness (QED) is 0.284. The molecule has 11 heteroatoms. The lowest BCUT2D eigenvalue weighted by Gasteiger charge is -2.34. The van der Waals surface area contributed by atoms with E-state index in [0.717, 1.165) is 5.39 Å². The summed E-state index contributed by atoms with van der Waals surface area (Å²) in [5.41, 5.74) is 2.01. The van der Waals surface area contributed by atoms with Gasteiger partial charge in [0.25, 0.3) is 17.2 Å². The normalized spacial score (nSPS) is 14.6. The van der Waals surface area contributed by atoms with Crippen LogP contribution in [0.25, 0.3) is 10.9 Å². The van der Waals surface area contributed by atoms with E-state index < -0.39 is 11.3 Å². The van der Waals surface area contributed by atoms with Crippen LogP contribution in [0.4, 0.5) is 16.2 Å². The molecule has 0 saturated carbocycles. The molecule has 0 radical (unpaired) electrons. The maximum atomic E-state index is 13.0. The number of nitrogens with one attached hydrogen (secondary N) is 1. The number of nitrogens with zero attached hydrogens (tertiary/aromatic N) is 4. The van der Waals surface area contributed by atoms with Crippen molar-refractivity contribution in [2.45, 2.75) is 6.42 Å². The van der Waals surface area contributed by atoms with Crippen molar-refractivity contribution in [2.24, 2.45) is 0 Å². The Hall–Kier alpha value is -3.21. The fourth-order valence-electron chi connectivity index (χ4n) is 3.97. The zero-order valence-corrected chi connectivity index (χ0v) is 20.5. The first kappa shape index (κ1) is 24.9.